The van der Waals surface area contributed by atoms with Crippen LogP contribution in [0.3, 0.4) is 0 Å². The second kappa shape index (κ2) is 11.3. The third-order valence-corrected chi connectivity index (χ3v) is 5.84. The lowest BCUT2D eigenvalue weighted by Crippen LogP contribution is -2.41. The number of nitrogens with one attached hydrogen (secondary N) is 1. The van der Waals surface area contributed by atoms with E-state index in [1.54, 1.807) is 46.9 Å². The van der Waals surface area contributed by atoms with Crippen molar-refractivity contribution in [3.63, 3.8) is 0 Å². The monoisotopic (exact) mass is 543 g/mol. The van der Waals surface area contributed by atoms with Crippen molar-refractivity contribution in [3.05, 3.63) is 47.5 Å². The van der Waals surface area contributed by atoms with Gasteiger partial charge in [0.05, 0.1) is 31.6 Å². The van der Waals surface area contributed by atoms with Crippen molar-refractivity contribution in [2.45, 2.75) is 65.8 Å². The van der Waals surface area contributed by atoms with Crippen molar-refractivity contribution in [1.29, 1.82) is 0 Å². The average molecular weight is 544 g/mol. The second-order valence-corrected chi connectivity index (χ2v) is 10.3. The van der Waals surface area contributed by atoms with E-state index in [0.717, 1.165) is 0 Å². The highest BCUT2D eigenvalue weighted by Gasteiger charge is 2.29. The Bertz CT molecular complexity index is 1350. The largest absolute Gasteiger partial charge is 0.489 e. The van der Waals surface area contributed by atoms with Gasteiger partial charge in [-0.05, 0) is 59.7 Å². The van der Waals surface area contributed by atoms with Crippen molar-refractivity contribution in [3.8, 4) is 11.5 Å². The van der Waals surface area contributed by atoms with Crippen molar-refractivity contribution >= 4 is 23.5 Å². The molecule has 3 aromatic rings. The van der Waals surface area contributed by atoms with Crippen LogP contribution in [0.4, 0.5) is 15.0 Å². The number of alkyl carbamates (subject to hydrolysis) is 1. The number of carbonyl (C=O) groups is 2. The molecule has 0 fully saturated rings. The molecule has 210 valence electrons. The molecule has 1 aromatic carbocycles. The number of amides is 1. The highest BCUT2D eigenvalue weighted by molar-refractivity contribution is 5.96. The predicted molar refractivity (Wildman–Crippen MR) is 141 cm³/mol. The van der Waals surface area contributed by atoms with E-state index in [1.807, 2.05) is 11.8 Å². The number of benzene rings is 1. The Labute approximate surface area is 226 Å². The van der Waals surface area contributed by atoms with Crippen LogP contribution in [0.25, 0.3) is 5.65 Å². The molecule has 0 spiro atoms. The molecule has 0 aliphatic carbocycles. The Hall–Kier alpha value is -4.09. The predicted octanol–water partition coefficient (Wildman–Crippen LogP) is 4.12. The van der Waals surface area contributed by atoms with Gasteiger partial charge in [0.25, 0.3) is 0 Å². The lowest BCUT2D eigenvalue weighted by atomic mass is 10.1. The summed E-state index contributed by atoms with van der Waals surface area (Å²) in [6.07, 6.45) is 2.10. The number of halogens is 1. The first kappa shape index (κ1) is 27.9. The number of rotatable bonds is 8. The van der Waals surface area contributed by atoms with Crippen LogP contribution in [-0.4, -0.2) is 64.2 Å². The average Bonchev–Trinajstić information content (AvgIpc) is 3.27. The Balaban J connectivity index is 1.57. The molecule has 0 unspecified atom stereocenters. The number of esters is 1. The fourth-order valence-corrected chi connectivity index (χ4v) is 4.06. The molecule has 1 amide bonds. The van der Waals surface area contributed by atoms with E-state index in [0.29, 0.717) is 35.1 Å². The zero-order valence-electron chi connectivity index (χ0n) is 23.0. The van der Waals surface area contributed by atoms with E-state index in [4.69, 9.17) is 23.9 Å². The molecule has 0 saturated carbocycles. The molecule has 4 rings (SSSR count). The zero-order valence-corrected chi connectivity index (χ0v) is 23.0. The SMILES string of the molecule is CCOC(=O)c1cnn2cc3c(nc12)N(Cc1cc(F)ccc1O[C@@H](C)CNC(=O)OC(C)(C)C)[C@@H](C)CO3. The summed E-state index contributed by atoms with van der Waals surface area (Å²) in [5.41, 5.74) is 0.530. The molecule has 11 nitrogen and oxygen atoms in total. The topological polar surface area (TPSA) is 117 Å². The third-order valence-electron chi connectivity index (χ3n) is 5.84. The third kappa shape index (κ3) is 6.68. The minimum atomic E-state index is -0.614. The highest BCUT2D eigenvalue weighted by Crippen LogP contribution is 2.35. The number of carbonyl (C=O) groups excluding carboxylic acids is 2. The minimum absolute atomic E-state index is 0.121. The Morgan fingerprint density at radius 3 is 2.79 bits per heavy atom. The van der Waals surface area contributed by atoms with E-state index in [-0.39, 0.29) is 31.3 Å². The van der Waals surface area contributed by atoms with Crippen LogP contribution in [0.5, 0.6) is 11.5 Å². The first-order valence-electron chi connectivity index (χ1n) is 12.8. The van der Waals surface area contributed by atoms with E-state index >= 15 is 0 Å². The summed E-state index contributed by atoms with van der Waals surface area (Å²) >= 11 is 0. The normalized spacial score (nSPS) is 15.8. The molecule has 0 saturated heterocycles. The first-order valence-corrected chi connectivity index (χ1v) is 12.8. The van der Waals surface area contributed by atoms with Gasteiger partial charge in [-0.25, -0.2) is 23.5 Å². The summed E-state index contributed by atoms with van der Waals surface area (Å²) in [7, 11) is 0. The zero-order chi connectivity index (χ0) is 28.3. The summed E-state index contributed by atoms with van der Waals surface area (Å²) in [6, 6.07) is 4.17. The van der Waals surface area contributed by atoms with Gasteiger partial charge in [0.1, 0.15) is 35.4 Å². The van der Waals surface area contributed by atoms with Crippen LogP contribution >= 0.6 is 0 Å². The Morgan fingerprint density at radius 1 is 1.31 bits per heavy atom. The number of fused-ring (bicyclic) bond motifs is 2. The second-order valence-electron chi connectivity index (χ2n) is 10.3. The summed E-state index contributed by atoms with van der Waals surface area (Å²) in [5, 5.41) is 6.90. The van der Waals surface area contributed by atoms with Gasteiger partial charge in [-0.3, -0.25) is 0 Å². The maximum absolute atomic E-state index is 14.4. The van der Waals surface area contributed by atoms with Gasteiger partial charge in [-0.15, -0.1) is 0 Å². The maximum Gasteiger partial charge on any atom is 0.407 e. The number of hydrogen-bond donors (Lipinski definition) is 1. The molecule has 1 aliphatic rings. The van der Waals surface area contributed by atoms with E-state index in [2.05, 4.69) is 10.4 Å². The van der Waals surface area contributed by atoms with Crippen LogP contribution in [0.15, 0.2) is 30.6 Å². The van der Waals surface area contributed by atoms with Gasteiger partial charge < -0.3 is 29.2 Å². The fourth-order valence-electron chi connectivity index (χ4n) is 4.06. The number of hydrogen-bond acceptors (Lipinski definition) is 9. The van der Waals surface area contributed by atoms with Crippen LogP contribution in [-0.2, 0) is 16.0 Å². The van der Waals surface area contributed by atoms with Crippen LogP contribution < -0.4 is 19.7 Å². The number of nitrogens with zero attached hydrogens (tertiary/aromatic N) is 4. The Morgan fingerprint density at radius 2 is 2.08 bits per heavy atom. The molecule has 1 aliphatic heterocycles. The molecule has 2 atom stereocenters. The van der Waals surface area contributed by atoms with Crippen molar-refractivity contribution < 1.29 is 32.9 Å². The molecule has 12 heteroatoms. The van der Waals surface area contributed by atoms with E-state index in [1.165, 1.54) is 22.8 Å². The maximum atomic E-state index is 14.4. The molecule has 3 heterocycles. The van der Waals surface area contributed by atoms with Crippen LogP contribution in [0.2, 0.25) is 0 Å². The van der Waals surface area contributed by atoms with E-state index < -0.39 is 29.6 Å². The minimum Gasteiger partial charge on any atom is -0.489 e. The molecule has 0 bridgehead atoms. The first-order chi connectivity index (χ1) is 18.4. The van der Waals surface area contributed by atoms with Crippen molar-refractivity contribution in [1.82, 2.24) is 19.9 Å². The van der Waals surface area contributed by atoms with Gasteiger partial charge in [0.15, 0.2) is 17.2 Å². The molecule has 39 heavy (non-hydrogen) atoms. The lowest BCUT2D eigenvalue weighted by Gasteiger charge is -2.36. The molecular weight excluding hydrogens is 509 g/mol. The number of ether oxygens (including phenoxy) is 4. The molecule has 1 N–H and O–H groups in total. The standard InChI is InChI=1S/C27H34FN5O6/c1-7-36-25(34)20-12-30-33-14-22-24(31-23(20)33)32(16(2)15-37-22)13-18-10-19(28)8-9-21(18)38-17(3)11-29-26(35)39-27(4,5)6/h8-10,12,14,16-17H,7,11,13,15H2,1-6H3,(H,29,35)/t16-,17-/m0/s1. The molecular formula is C27H34FN5O6. The van der Waals surface area contributed by atoms with Gasteiger partial charge in [0.2, 0.25) is 0 Å². The highest BCUT2D eigenvalue weighted by atomic mass is 19.1. The van der Waals surface area contributed by atoms with Crippen LogP contribution in [0.1, 0.15) is 57.5 Å². The number of aromatic nitrogens is 3. The fraction of sp³-hybridized carbons (Fsp3) is 0.481. The molecule has 2 aromatic heterocycles. The summed E-state index contributed by atoms with van der Waals surface area (Å²) < 4.78 is 38.2. The van der Waals surface area contributed by atoms with Crippen molar-refractivity contribution in [2.24, 2.45) is 0 Å². The van der Waals surface area contributed by atoms with E-state index in [9.17, 15) is 14.0 Å². The van der Waals surface area contributed by atoms with Crippen LogP contribution in [0, 0.1) is 5.82 Å². The van der Waals surface area contributed by atoms with Crippen molar-refractivity contribution in [2.75, 3.05) is 24.7 Å². The van der Waals surface area contributed by atoms with Gasteiger partial charge in [-0.2, -0.15) is 5.10 Å². The molecule has 0 radical (unpaired) electrons. The quantitative estimate of drug-likeness (QED) is 0.419. The summed E-state index contributed by atoms with van der Waals surface area (Å²) in [5.74, 6) is 0.496. The van der Waals surface area contributed by atoms with Gasteiger partial charge >= 0.3 is 12.1 Å². The van der Waals surface area contributed by atoms with Gasteiger partial charge in [0, 0.05) is 12.1 Å². The summed E-state index contributed by atoms with van der Waals surface area (Å²) in [6.45, 7) is 11.9. The lowest BCUT2D eigenvalue weighted by molar-refractivity contribution is 0.0501. The smallest absolute Gasteiger partial charge is 0.407 e. The summed E-state index contributed by atoms with van der Waals surface area (Å²) in [4.78, 5) is 31.1. The van der Waals surface area contributed by atoms with Gasteiger partial charge in [-0.1, -0.05) is 0 Å². The number of anilines is 1. The Kier molecular flexibility index (Phi) is 8.12.